The number of carbonyl (C=O) groups excluding carboxylic acids is 2. The van der Waals surface area contributed by atoms with Crippen molar-refractivity contribution in [3.05, 3.63) is 48.6 Å². The quantitative estimate of drug-likeness (QED) is 0.0153. The lowest BCUT2D eigenvalue weighted by Crippen LogP contribution is -2.30. The van der Waals surface area contributed by atoms with E-state index in [0.717, 1.165) is 50.9 Å². The third kappa shape index (κ3) is 36.6. The molecule has 332 valence electrons. The molecule has 0 aliphatic carbocycles. The lowest BCUT2D eigenvalue weighted by atomic mass is 10.0. The monoisotopic (exact) mass is 833 g/mol. The largest absolute Gasteiger partial charge is 0.472 e. The zero-order chi connectivity index (χ0) is 42.6. The number of esters is 2. The van der Waals surface area contributed by atoms with Gasteiger partial charge in [0.05, 0.1) is 38.1 Å². The second-order valence-corrected chi connectivity index (χ2v) is 16.5. The summed E-state index contributed by atoms with van der Waals surface area (Å²) in [6, 6.07) is 0. The maximum absolute atomic E-state index is 12.6. The Morgan fingerprint density at radius 2 is 1.14 bits per heavy atom. The minimum atomic E-state index is -4.71. The van der Waals surface area contributed by atoms with Crippen LogP contribution in [0.3, 0.4) is 0 Å². The van der Waals surface area contributed by atoms with Crippen LogP contribution < -0.4 is 0 Å². The fourth-order valence-corrected chi connectivity index (χ4v) is 6.35. The van der Waals surface area contributed by atoms with E-state index in [1.54, 1.807) is 42.5 Å². The van der Waals surface area contributed by atoms with Gasteiger partial charge in [0.1, 0.15) is 12.7 Å². The van der Waals surface area contributed by atoms with Gasteiger partial charge in [-0.3, -0.25) is 18.6 Å². The van der Waals surface area contributed by atoms with Crippen LogP contribution in [0.2, 0.25) is 0 Å². The van der Waals surface area contributed by atoms with Gasteiger partial charge in [0, 0.05) is 12.8 Å². The van der Waals surface area contributed by atoms with Crippen LogP contribution in [0.5, 0.6) is 0 Å². The van der Waals surface area contributed by atoms with E-state index in [2.05, 4.69) is 25.3 Å². The lowest BCUT2D eigenvalue weighted by molar-refractivity contribution is -0.161. The van der Waals surface area contributed by atoms with Crippen LogP contribution >= 0.6 is 7.82 Å². The zero-order valence-electron chi connectivity index (χ0n) is 35.0. The summed E-state index contributed by atoms with van der Waals surface area (Å²) in [5.41, 5.74) is 0. The standard InChI is InChI=1S/C43H77O13P/c1-4-5-19-26-37(45)27-21-16-13-14-17-22-28-40(47)41(48)29-24-31-43(50)56-39(35-55-57(51,52)54-33-38(46)32-44)34-53-42(49)30-23-18-12-10-8-6-7-9-11-15-20-25-36(2)3/h13-14,16-17,21-22,27-28,36-41,44-48H,4-12,15,18-20,23-26,29-35H2,1-3H3,(H,51,52)/b16-13-,17-14+,27-21+,28-22+/t37-,38-,39+,40-,41-/m0/s1. The van der Waals surface area contributed by atoms with Gasteiger partial charge in [0.15, 0.2) is 6.10 Å². The third-order valence-electron chi connectivity index (χ3n) is 9.03. The highest BCUT2D eigenvalue weighted by Gasteiger charge is 2.27. The highest BCUT2D eigenvalue weighted by molar-refractivity contribution is 7.47. The topological polar surface area (TPSA) is 210 Å². The van der Waals surface area contributed by atoms with Gasteiger partial charge in [-0.15, -0.1) is 0 Å². The van der Waals surface area contributed by atoms with Crippen molar-refractivity contribution in [3.63, 3.8) is 0 Å². The molecule has 0 fully saturated rings. The van der Waals surface area contributed by atoms with Crippen LogP contribution in [0.1, 0.15) is 149 Å². The first-order valence-corrected chi connectivity index (χ1v) is 22.8. The van der Waals surface area contributed by atoms with Crippen molar-refractivity contribution >= 4 is 19.8 Å². The smallest absolute Gasteiger partial charge is 0.462 e. The second kappa shape index (κ2) is 36.9. The maximum atomic E-state index is 12.6. The molecule has 0 rings (SSSR count). The highest BCUT2D eigenvalue weighted by atomic mass is 31.2. The van der Waals surface area contributed by atoms with E-state index in [0.29, 0.717) is 6.42 Å². The number of phosphoric ester groups is 1. The number of allylic oxidation sites excluding steroid dienone is 6. The molecular weight excluding hydrogens is 755 g/mol. The zero-order valence-corrected chi connectivity index (χ0v) is 35.9. The fourth-order valence-electron chi connectivity index (χ4n) is 5.56. The summed E-state index contributed by atoms with van der Waals surface area (Å²) in [4.78, 5) is 35.0. The van der Waals surface area contributed by atoms with E-state index in [-0.39, 0.29) is 25.7 Å². The Morgan fingerprint density at radius 1 is 0.614 bits per heavy atom. The molecule has 0 saturated heterocycles. The summed E-state index contributed by atoms with van der Waals surface area (Å²) in [6.45, 7) is 4.17. The number of hydrogen-bond donors (Lipinski definition) is 6. The molecular formula is C43H77O13P. The molecule has 0 saturated carbocycles. The molecule has 0 heterocycles. The second-order valence-electron chi connectivity index (χ2n) is 15.1. The lowest BCUT2D eigenvalue weighted by Gasteiger charge is -2.20. The summed E-state index contributed by atoms with van der Waals surface area (Å²) >= 11 is 0. The van der Waals surface area contributed by atoms with Crippen LogP contribution in [0.15, 0.2) is 48.6 Å². The first-order chi connectivity index (χ1) is 27.3. The number of phosphoric acid groups is 1. The molecule has 57 heavy (non-hydrogen) atoms. The van der Waals surface area contributed by atoms with Crippen molar-refractivity contribution in [2.75, 3.05) is 26.4 Å². The van der Waals surface area contributed by atoms with E-state index in [1.807, 2.05) is 0 Å². The molecule has 14 heteroatoms. The van der Waals surface area contributed by atoms with Gasteiger partial charge in [0.25, 0.3) is 0 Å². The first kappa shape index (κ1) is 54.8. The molecule has 0 bridgehead atoms. The molecule has 0 aromatic heterocycles. The molecule has 0 aromatic rings. The number of carbonyl (C=O) groups is 2. The number of unbranched alkanes of at least 4 members (excludes halogenated alkanes) is 12. The molecule has 0 aliphatic heterocycles. The fraction of sp³-hybridized carbons (Fsp3) is 0.767. The van der Waals surface area contributed by atoms with Crippen molar-refractivity contribution in [3.8, 4) is 0 Å². The van der Waals surface area contributed by atoms with Gasteiger partial charge >= 0.3 is 19.8 Å². The number of hydrogen-bond acceptors (Lipinski definition) is 12. The van der Waals surface area contributed by atoms with Gasteiger partial charge in [-0.1, -0.05) is 159 Å². The summed E-state index contributed by atoms with van der Waals surface area (Å²) in [5.74, 6) is -0.476. The van der Waals surface area contributed by atoms with Gasteiger partial charge in [0.2, 0.25) is 0 Å². The van der Waals surface area contributed by atoms with Crippen LogP contribution in [0.4, 0.5) is 0 Å². The van der Waals surface area contributed by atoms with Crippen molar-refractivity contribution in [1.29, 1.82) is 0 Å². The highest BCUT2D eigenvalue weighted by Crippen LogP contribution is 2.43. The van der Waals surface area contributed by atoms with Gasteiger partial charge in [-0.05, 0) is 31.6 Å². The average molecular weight is 833 g/mol. The Balaban J connectivity index is 4.66. The molecule has 0 radical (unpaired) electrons. The van der Waals surface area contributed by atoms with Crippen LogP contribution in [0.25, 0.3) is 0 Å². The van der Waals surface area contributed by atoms with Crippen LogP contribution in [-0.4, -0.2) is 99.3 Å². The van der Waals surface area contributed by atoms with E-state index in [9.17, 15) is 39.5 Å². The number of rotatable bonds is 38. The number of aliphatic hydroxyl groups is 5. The SMILES string of the molecule is CCCCC[C@H](O)/C=C/C=C\C=C\C=C\[C@H](O)[C@@H](O)CCCC(=O)O[C@H](COC(=O)CCCCCCCCCCCCCC(C)C)COP(=O)(O)OC[C@@H](O)CO. The van der Waals surface area contributed by atoms with E-state index in [1.165, 1.54) is 57.4 Å². The molecule has 0 spiro atoms. The molecule has 0 aliphatic rings. The van der Waals surface area contributed by atoms with E-state index >= 15 is 0 Å². The summed E-state index contributed by atoms with van der Waals surface area (Å²) < 4.78 is 32.4. The van der Waals surface area contributed by atoms with E-state index < -0.39 is 76.7 Å². The maximum Gasteiger partial charge on any atom is 0.472 e. The van der Waals surface area contributed by atoms with Gasteiger partial charge in [-0.2, -0.15) is 0 Å². The first-order valence-electron chi connectivity index (χ1n) is 21.3. The predicted molar refractivity (Wildman–Crippen MR) is 223 cm³/mol. The Kier molecular flexibility index (Phi) is 35.4. The molecule has 13 nitrogen and oxygen atoms in total. The summed E-state index contributed by atoms with van der Waals surface area (Å²) in [5, 5.41) is 48.8. The van der Waals surface area contributed by atoms with Crippen molar-refractivity contribution in [1.82, 2.24) is 0 Å². The van der Waals surface area contributed by atoms with Gasteiger partial charge in [-0.25, -0.2) is 4.57 Å². The average Bonchev–Trinajstić information content (AvgIpc) is 3.17. The Hall–Kier alpha value is -2.19. The molecule has 0 amide bonds. The minimum Gasteiger partial charge on any atom is -0.462 e. The predicted octanol–water partition coefficient (Wildman–Crippen LogP) is 7.71. The Morgan fingerprint density at radius 3 is 1.74 bits per heavy atom. The Labute approximate surface area is 342 Å². The van der Waals surface area contributed by atoms with Crippen molar-refractivity contribution in [2.45, 2.75) is 180 Å². The van der Waals surface area contributed by atoms with E-state index in [4.69, 9.17) is 19.1 Å². The normalized spacial score (nSPS) is 16.1. The van der Waals surface area contributed by atoms with Gasteiger partial charge < -0.3 is 39.9 Å². The summed E-state index contributed by atoms with van der Waals surface area (Å²) in [6.07, 6.45) is 25.9. The van der Waals surface area contributed by atoms with Crippen LogP contribution in [0, 0.1) is 5.92 Å². The molecule has 1 unspecified atom stereocenters. The number of aliphatic hydroxyl groups excluding tert-OH is 5. The minimum absolute atomic E-state index is 0.0667. The van der Waals surface area contributed by atoms with Crippen LogP contribution in [-0.2, 0) is 32.7 Å². The van der Waals surface area contributed by atoms with Crippen molar-refractivity contribution in [2.24, 2.45) is 5.92 Å². The third-order valence-corrected chi connectivity index (χ3v) is 9.98. The molecule has 6 N–H and O–H groups in total. The Bertz CT molecular complexity index is 1160. The summed E-state index contributed by atoms with van der Waals surface area (Å²) in [7, 11) is -4.71. The number of ether oxygens (including phenoxy) is 2. The molecule has 0 aromatic carbocycles. The van der Waals surface area contributed by atoms with Crippen molar-refractivity contribution < 1.29 is 63.1 Å². The molecule has 6 atom stereocenters.